The van der Waals surface area contributed by atoms with Crippen LogP contribution in [0.4, 0.5) is 0 Å². The number of aryl methyl sites for hydroxylation is 1. The summed E-state index contributed by atoms with van der Waals surface area (Å²) >= 11 is 0. The number of carbonyl (C=O) groups excluding carboxylic acids is 1. The van der Waals surface area contributed by atoms with Gasteiger partial charge >= 0.3 is 0 Å². The Morgan fingerprint density at radius 2 is 1.95 bits per heavy atom. The first-order chi connectivity index (χ1) is 9.65. The van der Waals surface area contributed by atoms with Gasteiger partial charge in [-0.15, -0.1) is 0 Å². The maximum absolute atomic E-state index is 12.6. The van der Waals surface area contributed by atoms with E-state index in [0.717, 1.165) is 38.3 Å². The third-order valence-electron chi connectivity index (χ3n) is 3.79. The molecule has 4 heteroatoms. The van der Waals surface area contributed by atoms with E-state index in [0.29, 0.717) is 11.3 Å². The van der Waals surface area contributed by atoms with Crippen LogP contribution in [0.25, 0.3) is 0 Å². The monoisotopic (exact) mass is 276 g/mol. The number of nitrogens with zero attached hydrogens (tertiary/aromatic N) is 2. The average molecular weight is 276 g/mol. The van der Waals surface area contributed by atoms with E-state index < -0.39 is 0 Å². The van der Waals surface area contributed by atoms with Crippen molar-refractivity contribution in [2.24, 2.45) is 0 Å². The van der Waals surface area contributed by atoms with Gasteiger partial charge in [0.1, 0.15) is 5.75 Å². The van der Waals surface area contributed by atoms with Crippen molar-refractivity contribution in [2.75, 3.05) is 39.8 Å². The summed E-state index contributed by atoms with van der Waals surface area (Å²) in [5, 5.41) is 0. The van der Waals surface area contributed by atoms with E-state index in [1.807, 2.05) is 30.0 Å². The molecule has 1 amide bonds. The van der Waals surface area contributed by atoms with Crippen molar-refractivity contribution < 1.29 is 9.53 Å². The van der Waals surface area contributed by atoms with Crippen LogP contribution in [0.3, 0.4) is 0 Å². The Labute approximate surface area is 121 Å². The van der Waals surface area contributed by atoms with Gasteiger partial charge in [-0.25, -0.2) is 0 Å². The average Bonchev–Trinajstić information content (AvgIpc) is 2.47. The second-order valence-electron chi connectivity index (χ2n) is 5.34. The van der Waals surface area contributed by atoms with Crippen LogP contribution < -0.4 is 4.74 Å². The summed E-state index contributed by atoms with van der Waals surface area (Å²) in [6, 6.07) is 5.75. The highest BCUT2D eigenvalue weighted by Crippen LogP contribution is 2.22. The Morgan fingerprint density at radius 1 is 1.25 bits per heavy atom. The molecule has 0 N–H and O–H groups in total. The lowest BCUT2D eigenvalue weighted by Gasteiger charge is -2.34. The van der Waals surface area contributed by atoms with Crippen LogP contribution in [-0.2, 0) is 0 Å². The lowest BCUT2D eigenvalue weighted by atomic mass is 10.1. The van der Waals surface area contributed by atoms with Gasteiger partial charge in [-0.3, -0.25) is 9.69 Å². The molecule has 1 aromatic carbocycles. The Bertz CT molecular complexity index is 466. The number of methoxy groups -OCH3 is 1. The highest BCUT2D eigenvalue weighted by molar-refractivity contribution is 5.97. The van der Waals surface area contributed by atoms with Gasteiger partial charge in [0, 0.05) is 26.2 Å². The molecule has 0 atom stereocenters. The number of hydrogen-bond acceptors (Lipinski definition) is 3. The van der Waals surface area contributed by atoms with Crippen molar-refractivity contribution in [1.29, 1.82) is 0 Å². The zero-order chi connectivity index (χ0) is 14.5. The predicted molar refractivity (Wildman–Crippen MR) is 80.4 cm³/mol. The number of amides is 1. The molecule has 1 aliphatic heterocycles. The van der Waals surface area contributed by atoms with Gasteiger partial charge in [0.2, 0.25) is 0 Å². The molecule has 0 radical (unpaired) electrons. The maximum atomic E-state index is 12.6. The van der Waals surface area contributed by atoms with Crippen molar-refractivity contribution in [3.05, 3.63) is 29.3 Å². The van der Waals surface area contributed by atoms with Crippen molar-refractivity contribution in [1.82, 2.24) is 9.80 Å². The molecule has 0 unspecified atom stereocenters. The second-order valence-corrected chi connectivity index (χ2v) is 5.34. The number of piperazine rings is 1. The first kappa shape index (κ1) is 14.9. The van der Waals surface area contributed by atoms with Gasteiger partial charge < -0.3 is 9.64 Å². The second kappa shape index (κ2) is 6.75. The molecular formula is C16H24N2O2. The van der Waals surface area contributed by atoms with Crippen molar-refractivity contribution in [3.8, 4) is 5.75 Å². The van der Waals surface area contributed by atoms with Crippen LogP contribution in [0.2, 0.25) is 0 Å². The van der Waals surface area contributed by atoms with Crippen LogP contribution >= 0.6 is 0 Å². The molecule has 4 nitrogen and oxygen atoms in total. The third kappa shape index (κ3) is 3.31. The van der Waals surface area contributed by atoms with E-state index in [-0.39, 0.29) is 5.91 Å². The summed E-state index contributed by atoms with van der Waals surface area (Å²) in [5.41, 5.74) is 1.77. The molecule has 2 rings (SSSR count). The van der Waals surface area contributed by atoms with Crippen LogP contribution in [0.15, 0.2) is 18.2 Å². The molecule has 0 saturated carbocycles. The molecule has 0 aliphatic carbocycles. The normalized spacial score (nSPS) is 16.2. The highest BCUT2D eigenvalue weighted by atomic mass is 16.5. The number of rotatable bonds is 4. The largest absolute Gasteiger partial charge is 0.496 e. The van der Waals surface area contributed by atoms with Gasteiger partial charge in [0.05, 0.1) is 12.7 Å². The van der Waals surface area contributed by atoms with Gasteiger partial charge in [-0.1, -0.05) is 13.0 Å². The molecule has 1 aromatic rings. The summed E-state index contributed by atoms with van der Waals surface area (Å²) in [7, 11) is 1.62. The predicted octanol–water partition coefficient (Wildman–Crippen LogP) is 2.17. The molecule has 0 bridgehead atoms. The van der Waals surface area contributed by atoms with E-state index in [4.69, 9.17) is 4.74 Å². The van der Waals surface area contributed by atoms with Crippen molar-refractivity contribution >= 4 is 5.91 Å². The lowest BCUT2D eigenvalue weighted by Crippen LogP contribution is -2.48. The zero-order valence-corrected chi connectivity index (χ0v) is 12.7. The fourth-order valence-electron chi connectivity index (χ4n) is 2.64. The zero-order valence-electron chi connectivity index (χ0n) is 12.7. The summed E-state index contributed by atoms with van der Waals surface area (Å²) in [4.78, 5) is 16.9. The van der Waals surface area contributed by atoms with Crippen molar-refractivity contribution in [2.45, 2.75) is 20.3 Å². The van der Waals surface area contributed by atoms with Gasteiger partial charge in [0.15, 0.2) is 0 Å². The summed E-state index contributed by atoms with van der Waals surface area (Å²) in [5.74, 6) is 0.754. The minimum Gasteiger partial charge on any atom is -0.496 e. The number of ether oxygens (including phenoxy) is 1. The van der Waals surface area contributed by atoms with Crippen molar-refractivity contribution in [3.63, 3.8) is 0 Å². The summed E-state index contributed by atoms with van der Waals surface area (Å²) in [6.45, 7) is 8.85. The van der Waals surface area contributed by atoms with Crippen LogP contribution in [-0.4, -0.2) is 55.5 Å². The van der Waals surface area contributed by atoms with Crippen LogP contribution in [0, 0.1) is 6.92 Å². The minimum atomic E-state index is 0.0815. The first-order valence-corrected chi connectivity index (χ1v) is 7.32. The quantitative estimate of drug-likeness (QED) is 0.845. The molecule has 1 saturated heterocycles. The van der Waals surface area contributed by atoms with E-state index in [1.54, 1.807) is 7.11 Å². The van der Waals surface area contributed by atoms with Crippen LogP contribution in [0.5, 0.6) is 5.75 Å². The van der Waals surface area contributed by atoms with E-state index in [1.165, 1.54) is 6.42 Å². The van der Waals surface area contributed by atoms with E-state index in [9.17, 15) is 4.79 Å². The standard InChI is InChI=1S/C16H24N2O2/c1-4-7-17-8-10-18(11-9-17)16(19)14-6-5-13(2)12-15(14)20-3/h5-6,12H,4,7-11H2,1-3H3. The molecule has 1 aliphatic rings. The molecule has 0 aromatic heterocycles. The number of hydrogen-bond donors (Lipinski definition) is 0. The minimum absolute atomic E-state index is 0.0815. The fourth-order valence-corrected chi connectivity index (χ4v) is 2.64. The molecule has 1 heterocycles. The Balaban J connectivity index is 2.05. The van der Waals surface area contributed by atoms with E-state index in [2.05, 4.69) is 11.8 Å². The Hall–Kier alpha value is -1.55. The number of benzene rings is 1. The molecular weight excluding hydrogens is 252 g/mol. The maximum Gasteiger partial charge on any atom is 0.257 e. The summed E-state index contributed by atoms with van der Waals surface area (Å²) < 4.78 is 5.34. The smallest absolute Gasteiger partial charge is 0.257 e. The lowest BCUT2D eigenvalue weighted by molar-refractivity contribution is 0.0634. The fraction of sp³-hybridized carbons (Fsp3) is 0.562. The molecule has 20 heavy (non-hydrogen) atoms. The number of carbonyl (C=O) groups is 1. The Morgan fingerprint density at radius 3 is 2.55 bits per heavy atom. The molecule has 110 valence electrons. The van der Waals surface area contributed by atoms with Gasteiger partial charge in [0.25, 0.3) is 5.91 Å². The first-order valence-electron chi connectivity index (χ1n) is 7.32. The third-order valence-corrected chi connectivity index (χ3v) is 3.79. The molecule has 1 fully saturated rings. The SMILES string of the molecule is CCCN1CCN(C(=O)c2ccc(C)cc2OC)CC1. The van der Waals surface area contributed by atoms with E-state index >= 15 is 0 Å². The Kier molecular flexibility index (Phi) is 5.01. The van der Waals surface area contributed by atoms with Gasteiger partial charge in [-0.05, 0) is 37.6 Å². The molecule has 0 spiro atoms. The van der Waals surface area contributed by atoms with Crippen LogP contribution in [0.1, 0.15) is 29.3 Å². The topological polar surface area (TPSA) is 32.8 Å². The summed E-state index contributed by atoms with van der Waals surface area (Å²) in [6.07, 6.45) is 1.17. The van der Waals surface area contributed by atoms with Gasteiger partial charge in [-0.2, -0.15) is 0 Å². The highest BCUT2D eigenvalue weighted by Gasteiger charge is 2.23.